The van der Waals surface area contributed by atoms with Crippen LogP contribution in [0.15, 0.2) is 66.7 Å². The summed E-state index contributed by atoms with van der Waals surface area (Å²) in [6.45, 7) is 2.04. The van der Waals surface area contributed by atoms with Gasteiger partial charge in [-0.25, -0.2) is 9.97 Å². The maximum absolute atomic E-state index is 4.82. The molecule has 1 N–H and O–H groups in total. The average molecular weight is 285 g/mol. The molecule has 2 aromatic heterocycles. The van der Waals surface area contributed by atoms with E-state index in [1.165, 1.54) is 0 Å². The van der Waals surface area contributed by atoms with Crippen molar-refractivity contribution in [3.05, 3.63) is 72.4 Å². The summed E-state index contributed by atoms with van der Waals surface area (Å²) in [6, 6.07) is 22.4. The van der Waals surface area contributed by atoms with E-state index in [0.29, 0.717) is 0 Å². The second kappa shape index (κ2) is 5.11. The third-order valence-corrected chi connectivity index (χ3v) is 3.70. The molecule has 0 saturated carbocycles. The summed E-state index contributed by atoms with van der Waals surface area (Å²) in [5.74, 6) is 0.744. The maximum Gasteiger partial charge on any atom is 0.162 e. The highest BCUT2D eigenvalue weighted by Gasteiger charge is 2.12. The highest BCUT2D eigenvalue weighted by Crippen LogP contribution is 2.29. The third kappa shape index (κ3) is 2.17. The Labute approximate surface area is 128 Å². The van der Waals surface area contributed by atoms with Crippen LogP contribution in [0.4, 0.5) is 0 Å². The number of hydrogen-bond donors (Lipinski definition) is 1. The predicted octanol–water partition coefficient (Wildman–Crippen LogP) is 4.60. The molecular formula is C19H15N3. The van der Waals surface area contributed by atoms with Crippen LogP contribution in [0.5, 0.6) is 0 Å². The number of aromatic nitrogens is 3. The van der Waals surface area contributed by atoms with Crippen molar-refractivity contribution in [3.8, 4) is 22.6 Å². The van der Waals surface area contributed by atoms with Crippen LogP contribution in [0, 0.1) is 6.92 Å². The van der Waals surface area contributed by atoms with Crippen molar-refractivity contribution >= 4 is 11.0 Å². The van der Waals surface area contributed by atoms with Crippen molar-refractivity contribution in [1.29, 1.82) is 0 Å². The van der Waals surface area contributed by atoms with Gasteiger partial charge in [-0.1, -0.05) is 60.7 Å². The van der Waals surface area contributed by atoms with Gasteiger partial charge in [-0.3, -0.25) is 0 Å². The average Bonchev–Trinajstić information content (AvgIpc) is 2.95. The summed E-state index contributed by atoms with van der Waals surface area (Å²) in [6.07, 6.45) is 0. The van der Waals surface area contributed by atoms with Crippen molar-refractivity contribution < 1.29 is 0 Å². The number of fused-ring (bicyclic) bond motifs is 1. The summed E-state index contributed by atoms with van der Waals surface area (Å²) >= 11 is 0. The quantitative estimate of drug-likeness (QED) is 0.584. The Morgan fingerprint density at radius 2 is 1.41 bits per heavy atom. The molecule has 0 unspecified atom stereocenters. The van der Waals surface area contributed by atoms with Gasteiger partial charge in [-0.05, 0) is 13.0 Å². The molecule has 22 heavy (non-hydrogen) atoms. The molecule has 0 aliphatic rings. The van der Waals surface area contributed by atoms with E-state index >= 15 is 0 Å². The minimum absolute atomic E-state index is 0.744. The molecule has 0 amide bonds. The van der Waals surface area contributed by atoms with E-state index in [2.05, 4.69) is 28.2 Å². The fraction of sp³-hybridized carbons (Fsp3) is 0.0526. The van der Waals surface area contributed by atoms with Crippen LogP contribution in [-0.4, -0.2) is 15.0 Å². The summed E-state index contributed by atoms with van der Waals surface area (Å²) in [4.78, 5) is 12.8. The molecule has 0 saturated heterocycles. The lowest BCUT2D eigenvalue weighted by Crippen LogP contribution is -1.93. The Balaban J connectivity index is 2.02. The highest BCUT2D eigenvalue weighted by atomic mass is 15.0. The van der Waals surface area contributed by atoms with Gasteiger partial charge in [0.05, 0.1) is 5.69 Å². The molecule has 106 valence electrons. The molecule has 0 fully saturated rings. The van der Waals surface area contributed by atoms with Crippen molar-refractivity contribution in [2.24, 2.45) is 0 Å². The first-order valence-electron chi connectivity index (χ1n) is 7.29. The monoisotopic (exact) mass is 285 g/mol. The molecule has 4 aromatic rings. The van der Waals surface area contributed by atoms with Gasteiger partial charge in [-0.2, -0.15) is 0 Å². The number of benzene rings is 2. The minimum atomic E-state index is 0.744. The lowest BCUT2D eigenvalue weighted by Gasteiger charge is -2.06. The normalized spacial score (nSPS) is 11.0. The summed E-state index contributed by atoms with van der Waals surface area (Å²) in [5.41, 5.74) is 5.06. The molecule has 3 nitrogen and oxygen atoms in total. The minimum Gasteiger partial charge on any atom is -0.343 e. The van der Waals surface area contributed by atoms with Crippen LogP contribution in [0.1, 0.15) is 5.69 Å². The predicted molar refractivity (Wildman–Crippen MR) is 89.5 cm³/mol. The number of H-pyrrole nitrogens is 1. The maximum atomic E-state index is 4.82. The van der Waals surface area contributed by atoms with E-state index < -0.39 is 0 Å². The lowest BCUT2D eigenvalue weighted by molar-refractivity contribution is 1.19. The lowest BCUT2D eigenvalue weighted by atomic mass is 10.1. The van der Waals surface area contributed by atoms with Crippen molar-refractivity contribution in [2.45, 2.75) is 6.92 Å². The smallest absolute Gasteiger partial charge is 0.162 e. The van der Waals surface area contributed by atoms with Crippen molar-refractivity contribution in [2.75, 3.05) is 0 Å². The molecule has 0 spiro atoms. The molecular weight excluding hydrogens is 270 g/mol. The Kier molecular flexibility index (Phi) is 2.97. The van der Waals surface area contributed by atoms with Gasteiger partial charge in [-0.15, -0.1) is 0 Å². The molecule has 4 rings (SSSR count). The largest absolute Gasteiger partial charge is 0.343 e. The van der Waals surface area contributed by atoms with Gasteiger partial charge in [0.15, 0.2) is 5.82 Å². The molecule has 2 heterocycles. The van der Waals surface area contributed by atoms with E-state index in [1.807, 2.05) is 55.5 Å². The summed E-state index contributed by atoms with van der Waals surface area (Å²) < 4.78 is 0. The number of aryl methyl sites for hydroxylation is 1. The fourth-order valence-corrected chi connectivity index (χ4v) is 2.67. The third-order valence-electron chi connectivity index (χ3n) is 3.70. The number of nitrogens with one attached hydrogen (secondary N) is 1. The number of aromatic amines is 1. The zero-order valence-electron chi connectivity index (χ0n) is 12.2. The fourth-order valence-electron chi connectivity index (χ4n) is 2.67. The van der Waals surface area contributed by atoms with E-state index in [4.69, 9.17) is 4.98 Å². The second-order valence-electron chi connectivity index (χ2n) is 5.34. The standard InChI is InChI=1S/C19H15N3/c1-13-12-16-17(14-8-4-2-5-9-14)21-18(22-19(16)20-13)15-10-6-3-7-11-15/h2-12H,1H3,(H,20,21,22). The number of rotatable bonds is 2. The summed E-state index contributed by atoms with van der Waals surface area (Å²) in [5, 5.41) is 1.06. The van der Waals surface area contributed by atoms with Crippen molar-refractivity contribution in [3.63, 3.8) is 0 Å². The Morgan fingerprint density at radius 3 is 2.09 bits per heavy atom. The van der Waals surface area contributed by atoms with Gasteiger partial charge in [0.2, 0.25) is 0 Å². The first-order chi connectivity index (χ1) is 10.8. The first-order valence-corrected chi connectivity index (χ1v) is 7.29. The van der Waals surface area contributed by atoms with Crippen LogP contribution in [0.3, 0.4) is 0 Å². The number of nitrogens with zero attached hydrogens (tertiary/aromatic N) is 2. The molecule has 0 aliphatic carbocycles. The molecule has 0 bridgehead atoms. The Hall–Kier alpha value is -2.94. The van der Waals surface area contributed by atoms with E-state index in [-0.39, 0.29) is 0 Å². The molecule has 3 heteroatoms. The van der Waals surface area contributed by atoms with Crippen LogP contribution in [0.2, 0.25) is 0 Å². The van der Waals surface area contributed by atoms with Crippen molar-refractivity contribution in [1.82, 2.24) is 15.0 Å². The van der Waals surface area contributed by atoms with Crippen LogP contribution in [-0.2, 0) is 0 Å². The van der Waals surface area contributed by atoms with E-state index in [1.54, 1.807) is 0 Å². The molecule has 0 aliphatic heterocycles. The van der Waals surface area contributed by atoms with E-state index in [9.17, 15) is 0 Å². The van der Waals surface area contributed by atoms with Gasteiger partial charge >= 0.3 is 0 Å². The van der Waals surface area contributed by atoms with Gasteiger partial charge in [0.1, 0.15) is 5.65 Å². The Morgan fingerprint density at radius 1 is 0.773 bits per heavy atom. The Bertz CT molecular complexity index is 925. The zero-order chi connectivity index (χ0) is 14.9. The first kappa shape index (κ1) is 12.8. The topological polar surface area (TPSA) is 41.6 Å². The van der Waals surface area contributed by atoms with Gasteiger partial charge < -0.3 is 4.98 Å². The molecule has 0 atom stereocenters. The SMILES string of the molecule is Cc1cc2c(-c3ccccc3)nc(-c3ccccc3)nc2[nH]1. The molecule has 0 radical (unpaired) electrons. The highest BCUT2D eigenvalue weighted by molar-refractivity contribution is 5.92. The zero-order valence-corrected chi connectivity index (χ0v) is 12.2. The second-order valence-corrected chi connectivity index (χ2v) is 5.34. The van der Waals surface area contributed by atoms with Crippen LogP contribution < -0.4 is 0 Å². The van der Waals surface area contributed by atoms with Gasteiger partial charge in [0.25, 0.3) is 0 Å². The van der Waals surface area contributed by atoms with Crippen LogP contribution >= 0.6 is 0 Å². The number of hydrogen-bond acceptors (Lipinski definition) is 2. The van der Waals surface area contributed by atoms with E-state index in [0.717, 1.165) is 39.4 Å². The molecule has 2 aromatic carbocycles. The van der Waals surface area contributed by atoms with Gasteiger partial charge in [0, 0.05) is 22.2 Å². The summed E-state index contributed by atoms with van der Waals surface area (Å²) in [7, 11) is 0. The van der Waals surface area contributed by atoms with Crippen LogP contribution in [0.25, 0.3) is 33.7 Å².